The summed E-state index contributed by atoms with van der Waals surface area (Å²) in [6.07, 6.45) is 0. The first-order chi connectivity index (χ1) is 8.58. The van der Waals surface area contributed by atoms with Crippen molar-refractivity contribution in [3.8, 4) is 0 Å². The Labute approximate surface area is 108 Å². The summed E-state index contributed by atoms with van der Waals surface area (Å²) in [5, 5.41) is 11.9. The Kier molecular flexibility index (Phi) is 3.99. The highest BCUT2D eigenvalue weighted by Crippen LogP contribution is 2.17. The van der Waals surface area contributed by atoms with Gasteiger partial charge in [-0.05, 0) is 31.0 Å². The van der Waals surface area contributed by atoms with Gasteiger partial charge in [-0.15, -0.1) is 0 Å². The van der Waals surface area contributed by atoms with Crippen LogP contribution in [0, 0.1) is 19.8 Å². The van der Waals surface area contributed by atoms with E-state index in [1.807, 2.05) is 36.9 Å². The number of nitrogens with one attached hydrogen (secondary N) is 1. The fourth-order valence-corrected chi connectivity index (χ4v) is 2.18. The van der Waals surface area contributed by atoms with E-state index in [0.29, 0.717) is 12.5 Å². The molecule has 0 saturated carbocycles. The number of aliphatic hydroxyl groups is 1. The second-order valence-corrected chi connectivity index (χ2v) is 5.11. The molecule has 1 heterocycles. The zero-order chi connectivity index (χ0) is 13.1. The first kappa shape index (κ1) is 13.1. The number of carbonyl (C=O) groups excluding carboxylic acids is 1. The molecule has 0 atom stereocenters. The fourth-order valence-electron chi connectivity index (χ4n) is 2.18. The number of amides is 1. The third-order valence-electron chi connectivity index (χ3n) is 3.33. The minimum absolute atomic E-state index is 0.0140. The van der Waals surface area contributed by atoms with Gasteiger partial charge in [0.2, 0.25) is 5.91 Å². The summed E-state index contributed by atoms with van der Waals surface area (Å²) < 4.78 is 0. The molecule has 0 radical (unpaired) electrons. The second kappa shape index (κ2) is 5.50. The van der Waals surface area contributed by atoms with Gasteiger partial charge in [-0.25, -0.2) is 0 Å². The Balaban J connectivity index is 1.86. The van der Waals surface area contributed by atoms with Gasteiger partial charge in [0.25, 0.3) is 0 Å². The lowest BCUT2D eigenvalue weighted by molar-refractivity contribution is -0.119. The number of carbonyl (C=O) groups is 1. The number of rotatable bonds is 4. The molecule has 4 heteroatoms. The summed E-state index contributed by atoms with van der Waals surface area (Å²) in [5.74, 6) is 0.360. The second-order valence-electron chi connectivity index (χ2n) is 5.11. The number of aryl methyl sites for hydroxylation is 2. The van der Waals surface area contributed by atoms with Crippen molar-refractivity contribution in [3.63, 3.8) is 0 Å². The van der Waals surface area contributed by atoms with Crippen LogP contribution in [0.5, 0.6) is 0 Å². The standard InChI is InChI=1S/C14H20N2O2/c1-10-3-4-11(2)13(5-10)15-14(18)8-16-6-12(7-16)9-17/h3-5,12,17H,6-9H2,1-2H3,(H,15,18). The van der Waals surface area contributed by atoms with Crippen LogP contribution in [0.4, 0.5) is 5.69 Å². The maximum atomic E-state index is 11.9. The molecule has 0 spiro atoms. The summed E-state index contributed by atoms with van der Waals surface area (Å²) >= 11 is 0. The average Bonchev–Trinajstić information content (AvgIpc) is 2.28. The van der Waals surface area contributed by atoms with Crippen molar-refractivity contribution in [3.05, 3.63) is 29.3 Å². The maximum absolute atomic E-state index is 11.9. The summed E-state index contributed by atoms with van der Waals surface area (Å²) in [4.78, 5) is 13.9. The number of hydrogen-bond donors (Lipinski definition) is 2. The van der Waals surface area contributed by atoms with E-state index in [0.717, 1.165) is 29.9 Å². The molecule has 98 valence electrons. The smallest absolute Gasteiger partial charge is 0.238 e. The number of hydrogen-bond acceptors (Lipinski definition) is 3. The Bertz CT molecular complexity index is 439. The van der Waals surface area contributed by atoms with E-state index in [4.69, 9.17) is 5.11 Å². The van der Waals surface area contributed by atoms with E-state index in [1.54, 1.807) is 0 Å². The number of likely N-dealkylation sites (tertiary alicyclic amines) is 1. The molecule has 4 nitrogen and oxygen atoms in total. The Morgan fingerprint density at radius 2 is 2.17 bits per heavy atom. The van der Waals surface area contributed by atoms with Gasteiger partial charge >= 0.3 is 0 Å². The molecule has 0 unspecified atom stereocenters. The van der Waals surface area contributed by atoms with Crippen LogP contribution < -0.4 is 5.32 Å². The minimum atomic E-state index is 0.0140. The molecule has 2 N–H and O–H groups in total. The summed E-state index contributed by atoms with van der Waals surface area (Å²) in [6.45, 7) is 6.25. The van der Waals surface area contributed by atoms with Gasteiger partial charge in [-0.1, -0.05) is 12.1 Å². The van der Waals surface area contributed by atoms with Crippen LogP contribution in [0.2, 0.25) is 0 Å². The van der Waals surface area contributed by atoms with E-state index in [1.165, 1.54) is 0 Å². The van der Waals surface area contributed by atoms with E-state index in [9.17, 15) is 4.79 Å². The lowest BCUT2D eigenvalue weighted by atomic mass is 10.0. The Hall–Kier alpha value is -1.39. The maximum Gasteiger partial charge on any atom is 0.238 e. The lowest BCUT2D eigenvalue weighted by Gasteiger charge is -2.37. The molecule has 0 aromatic heterocycles. The lowest BCUT2D eigenvalue weighted by Crippen LogP contribution is -2.51. The third-order valence-corrected chi connectivity index (χ3v) is 3.33. The third kappa shape index (κ3) is 3.09. The van der Waals surface area contributed by atoms with Crippen molar-refractivity contribution >= 4 is 11.6 Å². The molecule has 1 aromatic carbocycles. The fraction of sp³-hybridized carbons (Fsp3) is 0.500. The first-order valence-electron chi connectivity index (χ1n) is 6.29. The van der Waals surface area contributed by atoms with Crippen LogP contribution in [-0.2, 0) is 4.79 Å². The topological polar surface area (TPSA) is 52.6 Å². The molecule has 2 rings (SSSR count). The predicted molar refractivity (Wildman–Crippen MR) is 71.6 cm³/mol. The zero-order valence-electron chi connectivity index (χ0n) is 10.9. The highest BCUT2D eigenvalue weighted by molar-refractivity contribution is 5.93. The van der Waals surface area contributed by atoms with Gasteiger partial charge < -0.3 is 10.4 Å². The largest absolute Gasteiger partial charge is 0.396 e. The number of benzene rings is 1. The van der Waals surface area contributed by atoms with E-state index < -0.39 is 0 Å². The molecule has 1 amide bonds. The molecular formula is C14H20N2O2. The molecule has 1 aromatic rings. The van der Waals surface area contributed by atoms with Crippen LogP contribution in [0.25, 0.3) is 0 Å². The van der Waals surface area contributed by atoms with Crippen LogP contribution in [-0.4, -0.2) is 42.2 Å². The van der Waals surface area contributed by atoms with Gasteiger partial charge in [0.15, 0.2) is 0 Å². The first-order valence-corrected chi connectivity index (χ1v) is 6.29. The van der Waals surface area contributed by atoms with E-state index >= 15 is 0 Å². The average molecular weight is 248 g/mol. The molecule has 0 aliphatic carbocycles. The Morgan fingerprint density at radius 3 is 2.83 bits per heavy atom. The summed E-state index contributed by atoms with van der Waals surface area (Å²) in [7, 11) is 0. The quantitative estimate of drug-likeness (QED) is 0.841. The van der Waals surface area contributed by atoms with Crippen molar-refractivity contribution in [1.82, 2.24) is 4.90 Å². The van der Waals surface area contributed by atoms with Gasteiger partial charge in [-0.2, -0.15) is 0 Å². The number of anilines is 1. The monoisotopic (exact) mass is 248 g/mol. The molecule has 18 heavy (non-hydrogen) atoms. The van der Waals surface area contributed by atoms with Crippen LogP contribution >= 0.6 is 0 Å². The molecule has 0 bridgehead atoms. The SMILES string of the molecule is Cc1ccc(C)c(NC(=O)CN2CC(CO)C2)c1. The van der Waals surface area contributed by atoms with Crippen LogP contribution in [0.1, 0.15) is 11.1 Å². The number of aliphatic hydroxyl groups excluding tert-OH is 1. The number of nitrogens with zero attached hydrogens (tertiary/aromatic N) is 1. The summed E-state index contributed by atoms with van der Waals surface area (Å²) in [6, 6.07) is 6.03. The molecule has 1 aliphatic heterocycles. The van der Waals surface area contributed by atoms with Crippen LogP contribution in [0.15, 0.2) is 18.2 Å². The zero-order valence-corrected chi connectivity index (χ0v) is 10.9. The highest BCUT2D eigenvalue weighted by Gasteiger charge is 2.27. The Morgan fingerprint density at radius 1 is 1.44 bits per heavy atom. The molecular weight excluding hydrogens is 228 g/mol. The van der Waals surface area contributed by atoms with Gasteiger partial charge in [0.05, 0.1) is 6.54 Å². The van der Waals surface area contributed by atoms with Crippen molar-refractivity contribution in [2.45, 2.75) is 13.8 Å². The minimum Gasteiger partial charge on any atom is -0.396 e. The molecule has 1 aliphatic rings. The van der Waals surface area contributed by atoms with Gasteiger partial charge in [-0.3, -0.25) is 9.69 Å². The van der Waals surface area contributed by atoms with Crippen LogP contribution in [0.3, 0.4) is 0 Å². The summed E-state index contributed by atoms with van der Waals surface area (Å²) in [5.41, 5.74) is 3.10. The van der Waals surface area contributed by atoms with E-state index in [2.05, 4.69) is 5.32 Å². The molecule has 1 saturated heterocycles. The van der Waals surface area contributed by atoms with Gasteiger partial charge in [0, 0.05) is 31.3 Å². The van der Waals surface area contributed by atoms with Crippen molar-refractivity contribution in [2.24, 2.45) is 5.92 Å². The van der Waals surface area contributed by atoms with Crippen molar-refractivity contribution < 1.29 is 9.90 Å². The van der Waals surface area contributed by atoms with Crippen molar-refractivity contribution in [1.29, 1.82) is 0 Å². The normalized spacial score (nSPS) is 16.4. The molecule has 1 fully saturated rings. The highest BCUT2D eigenvalue weighted by atomic mass is 16.3. The van der Waals surface area contributed by atoms with E-state index in [-0.39, 0.29) is 12.5 Å². The van der Waals surface area contributed by atoms with Crippen molar-refractivity contribution in [2.75, 3.05) is 31.6 Å². The van der Waals surface area contributed by atoms with Gasteiger partial charge in [0.1, 0.15) is 0 Å². The predicted octanol–water partition coefficient (Wildman–Crippen LogP) is 1.17.